The van der Waals surface area contributed by atoms with E-state index < -0.39 is 17.6 Å². The molecule has 1 rings (SSSR count). The number of nitrogens with two attached hydrogens (primary N) is 1. The Morgan fingerprint density at radius 2 is 2.24 bits per heavy atom. The van der Waals surface area contributed by atoms with Crippen molar-refractivity contribution < 1.29 is 14.7 Å². The van der Waals surface area contributed by atoms with Crippen molar-refractivity contribution >= 4 is 11.9 Å². The van der Waals surface area contributed by atoms with Gasteiger partial charge in [0, 0.05) is 13.0 Å². The quantitative estimate of drug-likeness (QED) is 0.688. The Morgan fingerprint density at radius 1 is 1.59 bits per heavy atom. The fraction of sp³-hybridized carbons (Fsp3) is 0.667. The number of likely N-dealkylation sites (tertiary alicyclic amines) is 1. The number of carbonyl (C=O) groups excluding carboxylic acids is 1. The molecule has 94 valence electrons. The lowest BCUT2D eigenvalue weighted by Gasteiger charge is -2.42. The zero-order chi connectivity index (χ0) is 13.1. The summed E-state index contributed by atoms with van der Waals surface area (Å²) in [5, 5.41) is 9.25. The van der Waals surface area contributed by atoms with Crippen molar-refractivity contribution in [1.29, 1.82) is 0 Å². The maximum atomic E-state index is 12.1. The van der Waals surface area contributed by atoms with Gasteiger partial charge in [-0.2, -0.15) is 0 Å². The Hall–Kier alpha value is -1.54. The highest BCUT2D eigenvalue weighted by atomic mass is 16.4. The van der Waals surface area contributed by atoms with Crippen LogP contribution in [0.2, 0.25) is 0 Å². The molecule has 0 saturated carbocycles. The molecule has 0 aromatic rings. The van der Waals surface area contributed by atoms with Crippen LogP contribution >= 0.6 is 0 Å². The summed E-state index contributed by atoms with van der Waals surface area (Å²) in [6, 6.07) is -0.809. The van der Waals surface area contributed by atoms with Crippen molar-refractivity contribution in [1.82, 2.24) is 4.90 Å². The molecule has 1 saturated heterocycles. The van der Waals surface area contributed by atoms with E-state index in [1.807, 2.05) is 0 Å². The molecule has 1 aliphatic heterocycles. The van der Waals surface area contributed by atoms with Crippen molar-refractivity contribution in [3.05, 3.63) is 0 Å². The number of nitrogens with zero attached hydrogens (tertiary/aromatic N) is 1. The monoisotopic (exact) mass is 238 g/mol. The number of aliphatic carboxylic acids is 1. The van der Waals surface area contributed by atoms with Gasteiger partial charge in [-0.15, -0.1) is 12.3 Å². The topological polar surface area (TPSA) is 83.6 Å². The molecule has 0 aliphatic carbocycles. The van der Waals surface area contributed by atoms with Crippen molar-refractivity contribution in [2.24, 2.45) is 5.73 Å². The first-order valence-corrected chi connectivity index (χ1v) is 5.67. The van der Waals surface area contributed by atoms with Gasteiger partial charge in [0.25, 0.3) is 0 Å². The van der Waals surface area contributed by atoms with Crippen LogP contribution in [0.25, 0.3) is 0 Å². The Kier molecular flexibility index (Phi) is 4.13. The van der Waals surface area contributed by atoms with Gasteiger partial charge in [-0.05, 0) is 26.2 Å². The van der Waals surface area contributed by atoms with Crippen LogP contribution in [0.5, 0.6) is 0 Å². The predicted molar refractivity (Wildman–Crippen MR) is 63.0 cm³/mol. The summed E-state index contributed by atoms with van der Waals surface area (Å²) in [6.07, 6.45) is 7.30. The molecule has 1 fully saturated rings. The number of hydrogen-bond donors (Lipinski definition) is 2. The fourth-order valence-electron chi connectivity index (χ4n) is 2.11. The molecule has 2 atom stereocenters. The summed E-state index contributed by atoms with van der Waals surface area (Å²) >= 11 is 0. The van der Waals surface area contributed by atoms with Gasteiger partial charge in [-0.3, -0.25) is 4.79 Å². The summed E-state index contributed by atoms with van der Waals surface area (Å²) in [5.74, 6) is 0.969. The Balaban J connectivity index is 2.89. The van der Waals surface area contributed by atoms with Crippen LogP contribution in [-0.4, -0.2) is 40.0 Å². The van der Waals surface area contributed by atoms with Gasteiger partial charge >= 0.3 is 5.97 Å². The number of rotatable bonds is 3. The molecular weight excluding hydrogens is 220 g/mol. The first-order chi connectivity index (χ1) is 7.93. The lowest BCUT2D eigenvalue weighted by atomic mass is 9.87. The second-order valence-corrected chi connectivity index (χ2v) is 4.54. The highest BCUT2D eigenvalue weighted by molar-refractivity contribution is 5.89. The molecule has 0 bridgehead atoms. The summed E-state index contributed by atoms with van der Waals surface area (Å²) in [7, 11) is 0. The molecule has 5 heteroatoms. The van der Waals surface area contributed by atoms with Crippen LogP contribution in [0.3, 0.4) is 0 Å². The molecule has 1 heterocycles. The van der Waals surface area contributed by atoms with E-state index in [1.165, 1.54) is 4.90 Å². The third-order valence-corrected chi connectivity index (χ3v) is 3.27. The second kappa shape index (κ2) is 5.19. The van der Waals surface area contributed by atoms with Gasteiger partial charge in [0.05, 0.1) is 6.04 Å². The Bertz CT molecular complexity index is 361. The number of carbonyl (C=O) groups is 2. The molecule has 5 nitrogen and oxygen atoms in total. The van der Waals surface area contributed by atoms with Crippen molar-refractivity contribution in [2.45, 2.75) is 44.2 Å². The second-order valence-electron chi connectivity index (χ2n) is 4.54. The maximum Gasteiger partial charge on any atom is 0.329 e. The molecule has 1 amide bonds. The lowest BCUT2D eigenvalue weighted by molar-refractivity contribution is -0.161. The summed E-state index contributed by atoms with van der Waals surface area (Å²) in [4.78, 5) is 24.7. The van der Waals surface area contributed by atoms with E-state index in [2.05, 4.69) is 5.92 Å². The predicted octanol–water partition coefficient (Wildman–Crippen LogP) is 0.193. The maximum absolute atomic E-state index is 12.1. The minimum atomic E-state index is -1.15. The van der Waals surface area contributed by atoms with Crippen LogP contribution in [0.15, 0.2) is 0 Å². The molecule has 0 radical (unpaired) electrons. The molecule has 0 spiro atoms. The smallest absolute Gasteiger partial charge is 0.329 e. The molecular formula is C12H18N2O3. The normalized spacial score (nSPS) is 26.1. The fourth-order valence-corrected chi connectivity index (χ4v) is 2.11. The molecule has 0 aromatic heterocycles. The van der Waals surface area contributed by atoms with Gasteiger partial charge < -0.3 is 15.7 Å². The molecule has 3 N–H and O–H groups in total. The van der Waals surface area contributed by atoms with Crippen LogP contribution in [-0.2, 0) is 9.59 Å². The summed E-state index contributed by atoms with van der Waals surface area (Å²) in [6.45, 7) is 1.99. The average molecular weight is 238 g/mol. The third kappa shape index (κ3) is 2.59. The minimum absolute atomic E-state index is 0.130. The lowest BCUT2D eigenvalue weighted by Crippen LogP contribution is -2.60. The van der Waals surface area contributed by atoms with Crippen LogP contribution in [0.4, 0.5) is 0 Å². The van der Waals surface area contributed by atoms with E-state index in [4.69, 9.17) is 12.2 Å². The summed E-state index contributed by atoms with van der Waals surface area (Å²) in [5.41, 5.74) is 4.50. The van der Waals surface area contributed by atoms with E-state index >= 15 is 0 Å². The van der Waals surface area contributed by atoms with Crippen LogP contribution < -0.4 is 5.73 Å². The third-order valence-electron chi connectivity index (χ3n) is 3.27. The van der Waals surface area contributed by atoms with Crippen LogP contribution in [0, 0.1) is 12.3 Å². The highest BCUT2D eigenvalue weighted by Gasteiger charge is 2.44. The number of piperidine rings is 1. The largest absolute Gasteiger partial charge is 0.480 e. The number of carboxylic acid groups (broad SMARTS) is 1. The van der Waals surface area contributed by atoms with Crippen molar-refractivity contribution in [3.8, 4) is 12.3 Å². The summed E-state index contributed by atoms with van der Waals surface area (Å²) < 4.78 is 0. The number of terminal acetylenes is 1. The van der Waals surface area contributed by atoms with Crippen LogP contribution in [0.1, 0.15) is 32.6 Å². The zero-order valence-corrected chi connectivity index (χ0v) is 9.98. The zero-order valence-electron chi connectivity index (χ0n) is 9.98. The van der Waals surface area contributed by atoms with E-state index in [9.17, 15) is 14.7 Å². The molecule has 1 aliphatic rings. The van der Waals surface area contributed by atoms with Crippen molar-refractivity contribution in [3.63, 3.8) is 0 Å². The minimum Gasteiger partial charge on any atom is -0.480 e. The molecule has 17 heavy (non-hydrogen) atoms. The first-order valence-electron chi connectivity index (χ1n) is 5.67. The van der Waals surface area contributed by atoms with Gasteiger partial charge in [-0.1, -0.05) is 0 Å². The van der Waals surface area contributed by atoms with E-state index in [1.54, 1.807) is 6.92 Å². The van der Waals surface area contributed by atoms with Gasteiger partial charge in [0.15, 0.2) is 0 Å². The SMILES string of the molecule is C#CCC(N)C(=O)N1CCCCC1(C)C(=O)O. The molecule has 0 aromatic carbocycles. The van der Waals surface area contributed by atoms with Gasteiger partial charge in [0.1, 0.15) is 5.54 Å². The average Bonchev–Trinajstić information content (AvgIpc) is 2.29. The Labute approximate surface area is 101 Å². The van der Waals surface area contributed by atoms with E-state index in [0.29, 0.717) is 13.0 Å². The van der Waals surface area contributed by atoms with Crippen molar-refractivity contribution in [2.75, 3.05) is 6.54 Å². The van der Waals surface area contributed by atoms with Gasteiger partial charge in [-0.25, -0.2) is 4.79 Å². The van der Waals surface area contributed by atoms with E-state index in [-0.39, 0.29) is 12.3 Å². The van der Waals surface area contributed by atoms with E-state index in [0.717, 1.165) is 12.8 Å². The molecule has 2 unspecified atom stereocenters. The first kappa shape index (κ1) is 13.5. The Morgan fingerprint density at radius 3 is 2.76 bits per heavy atom. The number of carboxylic acids is 1. The number of hydrogen-bond acceptors (Lipinski definition) is 3. The van der Waals surface area contributed by atoms with Gasteiger partial charge in [0.2, 0.25) is 5.91 Å². The highest BCUT2D eigenvalue weighted by Crippen LogP contribution is 2.28. The standard InChI is InChI=1S/C12H18N2O3/c1-3-6-9(13)10(15)14-8-5-4-7-12(14,2)11(16)17/h1,9H,4-8,13H2,2H3,(H,16,17). The number of amides is 1.